The summed E-state index contributed by atoms with van der Waals surface area (Å²) in [5, 5.41) is 2.90. The lowest BCUT2D eigenvalue weighted by Gasteiger charge is -2.14. The van der Waals surface area contributed by atoms with Crippen LogP contribution in [0.15, 0.2) is 29.2 Å². The van der Waals surface area contributed by atoms with Crippen molar-refractivity contribution >= 4 is 27.3 Å². The normalized spacial score (nSPS) is 16.7. The van der Waals surface area contributed by atoms with Gasteiger partial charge in [0, 0.05) is 24.2 Å². The minimum absolute atomic E-state index is 0.175. The zero-order valence-electron chi connectivity index (χ0n) is 11.4. The highest BCUT2D eigenvalue weighted by atomic mass is 35.5. The van der Waals surface area contributed by atoms with Gasteiger partial charge in [-0.25, -0.2) is 8.42 Å². The van der Waals surface area contributed by atoms with Gasteiger partial charge in [0.25, 0.3) is 5.91 Å². The maximum Gasteiger partial charge on any atom is 0.251 e. The van der Waals surface area contributed by atoms with E-state index < -0.39 is 9.84 Å². The standard InChI is InChI=1S/C14H18ClNO3S/c1-20(18,19)12-4-2-11(3-5-12)13(17)16-10-14(6-7-14)8-9-15/h2-5H,6-10H2,1H3,(H,16,17). The van der Waals surface area contributed by atoms with Crippen LogP contribution in [0, 0.1) is 5.41 Å². The molecular weight excluding hydrogens is 298 g/mol. The van der Waals surface area contributed by atoms with E-state index in [4.69, 9.17) is 11.6 Å². The molecule has 0 aliphatic heterocycles. The third kappa shape index (κ3) is 3.73. The summed E-state index contributed by atoms with van der Waals surface area (Å²) in [5.41, 5.74) is 0.656. The van der Waals surface area contributed by atoms with Gasteiger partial charge in [0.05, 0.1) is 4.90 Å². The Morgan fingerprint density at radius 3 is 2.35 bits per heavy atom. The highest BCUT2D eigenvalue weighted by Gasteiger charge is 2.41. The molecule has 6 heteroatoms. The number of carbonyl (C=O) groups is 1. The molecule has 0 radical (unpaired) electrons. The van der Waals surface area contributed by atoms with Crippen LogP contribution in [0.3, 0.4) is 0 Å². The second kappa shape index (κ2) is 5.74. The van der Waals surface area contributed by atoms with Crippen LogP contribution in [0.1, 0.15) is 29.6 Å². The van der Waals surface area contributed by atoms with E-state index in [0.29, 0.717) is 18.0 Å². The SMILES string of the molecule is CS(=O)(=O)c1ccc(C(=O)NCC2(CCCl)CC2)cc1. The molecule has 1 saturated carbocycles. The quantitative estimate of drug-likeness (QED) is 0.819. The molecule has 0 aromatic heterocycles. The molecule has 1 aliphatic rings. The maximum absolute atomic E-state index is 12.0. The highest BCUT2D eigenvalue weighted by molar-refractivity contribution is 7.90. The largest absolute Gasteiger partial charge is 0.351 e. The van der Waals surface area contributed by atoms with E-state index in [1.807, 2.05) is 0 Å². The third-order valence-corrected chi connectivity index (χ3v) is 5.07. The lowest BCUT2D eigenvalue weighted by atomic mass is 10.0. The third-order valence-electron chi connectivity index (χ3n) is 3.75. The molecule has 1 aromatic rings. The van der Waals surface area contributed by atoms with E-state index in [0.717, 1.165) is 25.5 Å². The van der Waals surface area contributed by atoms with Gasteiger partial charge in [-0.3, -0.25) is 4.79 Å². The second-order valence-corrected chi connectivity index (χ2v) is 7.81. The van der Waals surface area contributed by atoms with Crippen LogP contribution in [-0.2, 0) is 9.84 Å². The minimum atomic E-state index is -3.22. The van der Waals surface area contributed by atoms with Crippen molar-refractivity contribution in [2.24, 2.45) is 5.41 Å². The van der Waals surface area contributed by atoms with E-state index in [1.165, 1.54) is 24.3 Å². The van der Waals surface area contributed by atoms with Gasteiger partial charge in [-0.1, -0.05) is 0 Å². The fourth-order valence-electron chi connectivity index (χ4n) is 2.12. The summed E-state index contributed by atoms with van der Waals surface area (Å²) >= 11 is 5.75. The molecule has 1 aliphatic carbocycles. The molecule has 0 spiro atoms. The first-order chi connectivity index (χ1) is 9.36. The highest BCUT2D eigenvalue weighted by Crippen LogP contribution is 2.48. The summed E-state index contributed by atoms with van der Waals surface area (Å²) in [7, 11) is -3.22. The smallest absolute Gasteiger partial charge is 0.251 e. The molecule has 0 bridgehead atoms. The van der Waals surface area contributed by atoms with Gasteiger partial charge in [-0.2, -0.15) is 0 Å². The van der Waals surface area contributed by atoms with Crippen LogP contribution in [0.4, 0.5) is 0 Å². The van der Waals surface area contributed by atoms with Gasteiger partial charge >= 0.3 is 0 Å². The Morgan fingerprint density at radius 2 is 1.90 bits per heavy atom. The summed E-state index contributed by atoms with van der Waals surface area (Å²) in [4.78, 5) is 12.2. The molecule has 1 N–H and O–H groups in total. The molecule has 110 valence electrons. The fourth-order valence-corrected chi connectivity index (χ4v) is 3.15. The van der Waals surface area contributed by atoms with Crippen molar-refractivity contribution in [2.75, 3.05) is 18.7 Å². The number of halogens is 1. The predicted octanol–water partition coefficient (Wildman–Crippen LogP) is 2.23. The van der Waals surface area contributed by atoms with Gasteiger partial charge in [0.15, 0.2) is 9.84 Å². The molecule has 0 unspecified atom stereocenters. The summed E-state index contributed by atoms with van der Waals surface area (Å²) in [5.74, 6) is 0.435. The first kappa shape index (κ1) is 15.3. The first-order valence-corrected chi connectivity index (χ1v) is 8.93. The summed E-state index contributed by atoms with van der Waals surface area (Å²) in [6, 6.07) is 5.98. The molecule has 1 amide bonds. The number of benzene rings is 1. The van der Waals surface area contributed by atoms with Crippen molar-refractivity contribution in [3.05, 3.63) is 29.8 Å². The van der Waals surface area contributed by atoms with Gasteiger partial charge in [0.1, 0.15) is 0 Å². The summed E-state index contributed by atoms with van der Waals surface area (Å²) < 4.78 is 22.7. The van der Waals surface area contributed by atoms with Crippen LogP contribution >= 0.6 is 11.6 Å². The lowest BCUT2D eigenvalue weighted by molar-refractivity contribution is 0.0944. The molecule has 2 rings (SSSR count). The molecular formula is C14H18ClNO3S. The van der Waals surface area contributed by atoms with Gasteiger partial charge in [-0.05, 0) is 48.9 Å². The van der Waals surface area contributed by atoms with Crippen molar-refractivity contribution in [3.63, 3.8) is 0 Å². The predicted molar refractivity (Wildman–Crippen MR) is 78.9 cm³/mol. The molecule has 0 heterocycles. The number of amides is 1. The zero-order chi connectivity index (χ0) is 14.8. The minimum Gasteiger partial charge on any atom is -0.351 e. The number of carbonyl (C=O) groups excluding carboxylic acids is 1. The molecule has 4 nitrogen and oxygen atoms in total. The van der Waals surface area contributed by atoms with Crippen molar-refractivity contribution in [1.29, 1.82) is 0 Å². The van der Waals surface area contributed by atoms with Crippen molar-refractivity contribution in [3.8, 4) is 0 Å². The number of hydrogen-bond acceptors (Lipinski definition) is 3. The fraction of sp³-hybridized carbons (Fsp3) is 0.500. The van der Waals surface area contributed by atoms with Crippen LogP contribution < -0.4 is 5.32 Å². The molecule has 1 aromatic carbocycles. The Morgan fingerprint density at radius 1 is 1.30 bits per heavy atom. The Balaban J connectivity index is 1.96. The van der Waals surface area contributed by atoms with E-state index in [9.17, 15) is 13.2 Å². The average molecular weight is 316 g/mol. The monoisotopic (exact) mass is 315 g/mol. The molecule has 0 saturated heterocycles. The Kier molecular flexibility index (Phi) is 4.39. The average Bonchev–Trinajstić information content (AvgIpc) is 3.16. The van der Waals surface area contributed by atoms with Crippen LogP contribution in [-0.4, -0.2) is 33.0 Å². The summed E-state index contributed by atoms with van der Waals surface area (Å²) in [6.45, 7) is 0.631. The van der Waals surface area contributed by atoms with E-state index >= 15 is 0 Å². The molecule has 20 heavy (non-hydrogen) atoms. The zero-order valence-corrected chi connectivity index (χ0v) is 12.9. The number of alkyl halides is 1. The van der Waals surface area contributed by atoms with Crippen LogP contribution in [0.2, 0.25) is 0 Å². The molecule has 0 atom stereocenters. The van der Waals surface area contributed by atoms with E-state index in [-0.39, 0.29) is 16.2 Å². The molecule has 1 fully saturated rings. The van der Waals surface area contributed by atoms with Gasteiger partial charge < -0.3 is 5.32 Å². The van der Waals surface area contributed by atoms with Gasteiger partial charge in [-0.15, -0.1) is 11.6 Å². The Labute approximate surface area is 124 Å². The lowest BCUT2D eigenvalue weighted by Crippen LogP contribution is -2.30. The number of rotatable bonds is 6. The number of nitrogens with one attached hydrogen (secondary N) is 1. The Hall–Kier alpha value is -1.07. The van der Waals surface area contributed by atoms with Gasteiger partial charge in [0.2, 0.25) is 0 Å². The number of hydrogen-bond donors (Lipinski definition) is 1. The van der Waals surface area contributed by atoms with Crippen molar-refractivity contribution in [2.45, 2.75) is 24.2 Å². The van der Waals surface area contributed by atoms with Crippen molar-refractivity contribution in [1.82, 2.24) is 5.32 Å². The number of sulfone groups is 1. The van der Waals surface area contributed by atoms with Crippen LogP contribution in [0.5, 0.6) is 0 Å². The maximum atomic E-state index is 12.0. The summed E-state index contributed by atoms with van der Waals surface area (Å²) in [6.07, 6.45) is 4.27. The van der Waals surface area contributed by atoms with E-state index in [1.54, 1.807) is 0 Å². The Bertz CT molecular complexity index is 591. The van der Waals surface area contributed by atoms with E-state index in [2.05, 4.69) is 5.32 Å². The first-order valence-electron chi connectivity index (χ1n) is 6.51. The second-order valence-electron chi connectivity index (χ2n) is 5.42. The van der Waals surface area contributed by atoms with Crippen molar-refractivity contribution < 1.29 is 13.2 Å². The van der Waals surface area contributed by atoms with Crippen LogP contribution in [0.25, 0.3) is 0 Å². The topological polar surface area (TPSA) is 63.2 Å².